The summed E-state index contributed by atoms with van der Waals surface area (Å²) >= 11 is 2.11. The molecule has 1 fully saturated rings. The minimum atomic E-state index is 0.409. The Morgan fingerprint density at radius 1 is 1.45 bits per heavy atom. The van der Waals surface area contributed by atoms with E-state index in [1.54, 1.807) is 0 Å². The molecule has 2 heteroatoms. The van der Waals surface area contributed by atoms with Gasteiger partial charge in [0.1, 0.15) is 0 Å². The van der Waals surface area contributed by atoms with Crippen LogP contribution in [-0.4, -0.2) is 17.2 Å². The second-order valence-electron chi connectivity index (χ2n) is 3.50. The van der Waals surface area contributed by atoms with Crippen molar-refractivity contribution in [1.29, 1.82) is 0 Å². The van der Waals surface area contributed by atoms with Crippen LogP contribution in [0.15, 0.2) is 0 Å². The standard InChI is InChI=1S/C9H19NS/c1-4-9(5-2)10-6-8(3)7-11-9/h8,10H,4-7H2,1-3H3. The van der Waals surface area contributed by atoms with E-state index in [1.807, 2.05) is 0 Å². The van der Waals surface area contributed by atoms with Gasteiger partial charge in [0.15, 0.2) is 0 Å². The second-order valence-corrected chi connectivity index (χ2v) is 4.90. The summed E-state index contributed by atoms with van der Waals surface area (Å²) in [6.07, 6.45) is 2.50. The zero-order valence-electron chi connectivity index (χ0n) is 7.81. The van der Waals surface area contributed by atoms with E-state index in [1.165, 1.54) is 25.1 Å². The summed E-state index contributed by atoms with van der Waals surface area (Å²) in [7, 11) is 0. The normalized spacial score (nSPS) is 30.3. The Hall–Kier alpha value is 0.310. The largest absolute Gasteiger partial charge is 0.303 e. The number of rotatable bonds is 2. The molecule has 1 saturated heterocycles. The van der Waals surface area contributed by atoms with E-state index in [0.717, 1.165) is 5.92 Å². The smallest absolute Gasteiger partial charge is 0.0640 e. The van der Waals surface area contributed by atoms with E-state index in [9.17, 15) is 0 Å². The van der Waals surface area contributed by atoms with Crippen molar-refractivity contribution in [3.05, 3.63) is 0 Å². The molecule has 0 amide bonds. The van der Waals surface area contributed by atoms with Crippen LogP contribution in [0.5, 0.6) is 0 Å². The first kappa shape index (κ1) is 9.40. The van der Waals surface area contributed by atoms with Crippen molar-refractivity contribution in [3.8, 4) is 0 Å². The third kappa shape index (κ3) is 2.12. The van der Waals surface area contributed by atoms with Gasteiger partial charge in [0.25, 0.3) is 0 Å². The first-order valence-electron chi connectivity index (χ1n) is 4.61. The number of thioether (sulfide) groups is 1. The van der Waals surface area contributed by atoms with Crippen LogP contribution in [0.2, 0.25) is 0 Å². The Bertz CT molecular complexity index is 111. The average molecular weight is 173 g/mol. The Kier molecular flexibility index (Phi) is 3.26. The molecule has 1 unspecified atom stereocenters. The lowest BCUT2D eigenvalue weighted by Crippen LogP contribution is -2.47. The molecule has 1 aliphatic heterocycles. The van der Waals surface area contributed by atoms with E-state index >= 15 is 0 Å². The molecule has 1 aliphatic rings. The van der Waals surface area contributed by atoms with Crippen molar-refractivity contribution in [2.24, 2.45) is 5.92 Å². The lowest BCUT2D eigenvalue weighted by atomic mass is 10.1. The fourth-order valence-electron chi connectivity index (χ4n) is 1.48. The van der Waals surface area contributed by atoms with E-state index in [-0.39, 0.29) is 0 Å². The zero-order chi connectivity index (χ0) is 8.32. The third-order valence-corrected chi connectivity index (χ3v) is 4.57. The highest BCUT2D eigenvalue weighted by atomic mass is 32.2. The van der Waals surface area contributed by atoms with Gasteiger partial charge in [-0.15, -0.1) is 11.8 Å². The predicted octanol–water partition coefficient (Wildman–Crippen LogP) is 2.48. The molecule has 11 heavy (non-hydrogen) atoms. The lowest BCUT2D eigenvalue weighted by molar-refractivity contribution is 0.389. The Labute approximate surface area is 74.3 Å². The van der Waals surface area contributed by atoms with Gasteiger partial charge in [-0.25, -0.2) is 0 Å². The maximum atomic E-state index is 3.64. The van der Waals surface area contributed by atoms with Gasteiger partial charge < -0.3 is 5.32 Å². The summed E-state index contributed by atoms with van der Waals surface area (Å²) in [6, 6.07) is 0. The summed E-state index contributed by atoms with van der Waals surface area (Å²) < 4.78 is 0. The van der Waals surface area contributed by atoms with Gasteiger partial charge in [-0.1, -0.05) is 20.8 Å². The Morgan fingerprint density at radius 3 is 2.45 bits per heavy atom. The van der Waals surface area contributed by atoms with Crippen LogP contribution in [0.4, 0.5) is 0 Å². The molecule has 1 atom stereocenters. The van der Waals surface area contributed by atoms with Crippen molar-refractivity contribution >= 4 is 11.8 Å². The average Bonchev–Trinajstić information content (AvgIpc) is 2.07. The van der Waals surface area contributed by atoms with Gasteiger partial charge in [0.2, 0.25) is 0 Å². The summed E-state index contributed by atoms with van der Waals surface area (Å²) in [6.45, 7) is 8.07. The van der Waals surface area contributed by atoms with E-state index in [4.69, 9.17) is 0 Å². The first-order chi connectivity index (χ1) is 5.22. The summed E-state index contributed by atoms with van der Waals surface area (Å²) in [5.41, 5.74) is 0. The monoisotopic (exact) mass is 173 g/mol. The van der Waals surface area contributed by atoms with Crippen LogP contribution in [0.25, 0.3) is 0 Å². The number of hydrogen-bond donors (Lipinski definition) is 1. The molecular weight excluding hydrogens is 154 g/mol. The molecule has 0 aliphatic carbocycles. The van der Waals surface area contributed by atoms with Gasteiger partial charge in [-0.05, 0) is 31.1 Å². The molecule has 0 spiro atoms. The predicted molar refractivity (Wildman–Crippen MR) is 52.9 cm³/mol. The highest BCUT2D eigenvalue weighted by Crippen LogP contribution is 2.34. The van der Waals surface area contributed by atoms with Crippen LogP contribution >= 0.6 is 11.8 Å². The van der Waals surface area contributed by atoms with E-state index in [0.29, 0.717) is 4.87 Å². The minimum Gasteiger partial charge on any atom is -0.303 e. The summed E-state index contributed by atoms with van der Waals surface area (Å²) in [4.78, 5) is 0.409. The molecule has 1 nitrogen and oxygen atoms in total. The van der Waals surface area contributed by atoms with Gasteiger partial charge >= 0.3 is 0 Å². The fourth-order valence-corrected chi connectivity index (χ4v) is 2.79. The first-order valence-corrected chi connectivity index (χ1v) is 5.60. The molecule has 0 aromatic carbocycles. The summed E-state index contributed by atoms with van der Waals surface area (Å²) in [5.74, 6) is 2.18. The number of nitrogens with one attached hydrogen (secondary N) is 1. The van der Waals surface area contributed by atoms with Gasteiger partial charge in [-0.3, -0.25) is 0 Å². The van der Waals surface area contributed by atoms with Crippen LogP contribution in [-0.2, 0) is 0 Å². The van der Waals surface area contributed by atoms with Crippen LogP contribution in [0.1, 0.15) is 33.6 Å². The topological polar surface area (TPSA) is 12.0 Å². The second kappa shape index (κ2) is 3.81. The summed E-state index contributed by atoms with van der Waals surface area (Å²) in [5, 5.41) is 3.64. The highest BCUT2D eigenvalue weighted by Gasteiger charge is 2.30. The molecule has 66 valence electrons. The van der Waals surface area contributed by atoms with Crippen LogP contribution in [0, 0.1) is 5.92 Å². The number of hydrogen-bond acceptors (Lipinski definition) is 2. The third-order valence-electron chi connectivity index (χ3n) is 2.56. The minimum absolute atomic E-state index is 0.409. The highest BCUT2D eigenvalue weighted by molar-refractivity contribution is 8.00. The molecular formula is C9H19NS. The molecule has 0 bridgehead atoms. The molecule has 1 N–H and O–H groups in total. The zero-order valence-corrected chi connectivity index (χ0v) is 8.63. The Balaban J connectivity index is 2.45. The van der Waals surface area contributed by atoms with Gasteiger partial charge in [0, 0.05) is 0 Å². The van der Waals surface area contributed by atoms with Crippen molar-refractivity contribution in [2.45, 2.75) is 38.5 Å². The van der Waals surface area contributed by atoms with Crippen molar-refractivity contribution in [3.63, 3.8) is 0 Å². The van der Waals surface area contributed by atoms with Gasteiger partial charge in [-0.2, -0.15) is 0 Å². The maximum absolute atomic E-state index is 3.64. The molecule has 0 aromatic heterocycles. The lowest BCUT2D eigenvalue weighted by Gasteiger charge is -2.38. The van der Waals surface area contributed by atoms with Crippen molar-refractivity contribution in [1.82, 2.24) is 5.32 Å². The fraction of sp³-hybridized carbons (Fsp3) is 1.00. The molecule has 0 saturated carbocycles. The molecule has 1 rings (SSSR count). The quantitative estimate of drug-likeness (QED) is 0.688. The molecule has 0 radical (unpaired) electrons. The van der Waals surface area contributed by atoms with Crippen molar-refractivity contribution in [2.75, 3.05) is 12.3 Å². The van der Waals surface area contributed by atoms with Crippen molar-refractivity contribution < 1.29 is 0 Å². The van der Waals surface area contributed by atoms with E-state index < -0.39 is 0 Å². The van der Waals surface area contributed by atoms with E-state index in [2.05, 4.69) is 37.8 Å². The molecule has 0 aromatic rings. The van der Waals surface area contributed by atoms with Gasteiger partial charge in [0.05, 0.1) is 4.87 Å². The SMILES string of the molecule is CCC1(CC)NCC(C)CS1. The maximum Gasteiger partial charge on any atom is 0.0640 e. The molecule has 1 heterocycles. The van der Waals surface area contributed by atoms with Crippen LogP contribution < -0.4 is 5.32 Å². The van der Waals surface area contributed by atoms with Crippen LogP contribution in [0.3, 0.4) is 0 Å². The Morgan fingerprint density at radius 2 is 2.09 bits per heavy atom.